The molecule has 2 rings (SSSR count). The lowest BCUT2D eigenvalue weighted by molar-refractivity contribution is 0.0589. The summed E-state index contributed by atoms with van der Waals surface area (Å²) in [5, 5.41) is 20.9. The summed E-state index contributed by atoms with van der Waals surface area (Å²) in [7, 11) is 1.02. The number of amides is 1. The molecule has 110 valence electrons. The third kappa shape index (κ3) is 2.41. The van der Waals surface area contributed by atoms with Crippen LogP contribution in [0, 0.1) is 0 Å². The number of methoxy groups -OCH3 is 1. The largest absolute Gasteiger partial charge is 0.465 e. The Morgan fingerprint density at radius 2 is 2.10 bits per heavy atom. The minimum atomic E-state index is -2.03. The zero-order valence-electron chi connectivity index (χ0n) is 10.4. The Morgan fingerprint density at radius 1 is 1.38 bits per heavy atom. The fourth-order valence-corrected chi connectivity index (χ4v) is 1.73. The first-order valence-corrected chi connectivity index (χ1v) is 5.32. The van der Waals surface area contributed by atoms with Crippen LogP contribution in [0.5, 0.6) is 0 Å². The van der Waals surface area contributed by atoms with Crippen LogP contribution in [-0.2, 0) is 10.4 Å². The minimum Gasteiger partial charge on any atom is -0.465 e. The molecule has 0 radical (unpaired) electrons. The predicted octanol–water partition coefficient (Wildman–Crippen LogP) is -1.28. The van der Waals surface area contributed by atoms with Gasteiger partial charge in [0.05, 0.1) is 13.3 Å². The molecule has 0 aliphatic carbocycles. The van der Waals surface area contributed by atoms with Crippen LogP contribution in [0.1, 0.15) is 16.1 Å². The van der Waals surface area contributed by atoms with E-state index in [4.69, 9.17) is 5.11 Å². The topological polar surface area (TPSA) is 178 Å². The maximum absolute atomic E-state index is 12.0. The molecular weight excluding hydrogens is 288 g/mol. The molecule has 1 aromatic heterocycles. The Hall–Kier alpha value is -3.31. The van der Waals surface area contributed by atoms with Gasteiger partial charge in [-0.2, -0.15) is 0 Å². The van der Waals surface area contributed by atoms with Gasteiger partial charge in [-0.15, -0.1) is 10.2 Å². The van der Waals surface area contributed by atoms with Gasteiger partial charge in [-0.25, -0.2) is 14.4 Å². The number of carboxylic acid groups (broad SMARTS) is 1. The molecule has 0 saturated carbocycles. The number of ether oxygens (including phenoxy) is 1. The summed E-state index contributed by atoms with van der Waals surface area (Å²) in [5.41, 5.74) is -5.12. The summed E-state index contributed by atoms with van der Waals surface area (Å²) in [6.07, 6.45) is -0.653. The molecule has 0 spiro atoms. The molecule has 0 aromatic carbocycles. The van der Waals surface area contributed by atoms with Crippen molar-refractivity contribution in [2.75, 3.05) is 7.11 Å². The SMILES string of the molecule is COC(=O)c1[nH]c(=O)[nH]c(=O)c1C1(NC(=O)O)C=NN=N1. The zero-order chi connectivity index (χ0) is 15.6. The monoisotopic (exact) mass is 296 g/mol. The summed E-state index contributed by atoms with van der Waals surface area (Å²) in [6.45, 7) is 0. The van der Waals surface area contributed by atoms with Crippen molar-refractivity contribution in [2.45, 2.75) is 5.66 Å². The quantitative estimate of drug-likeness (QED) is 0.504. The number of H-pyrrole nitrogens is 2. The van der Waals surface area contributed by atoms with Gasteiger partial charge in [0, 0.05) is 0 Å². The number of hydrogen-bond acceptors (Lipinski definition) is 8. The van der Waals surface area contributed by atoms with Crippen LogP contribution >= 0.6 is 0 Å². The second kappa shape index (κ2) is 4.99. The Bertz CT molecular complexity index is 762. The van der Waals surface area contributed by atoms with Crippen LogP contribution in [0.3, 0.4) is 0 Å². The first-order chi connectivity index (χ1) is 9.89. The van der Waals surface area contributed by atoms with Gasteiger partial charge in [0.15, 0.2) is 0 Å². The lowest BCUT2D eigenvalue weighted by Crippen LogP contribution is -2.50. The van der Waals surface area contributed by atoms with Crippen molar-refractivity contribution >= 4 is 18.3 Å². The van der Waals surface area contributed by atoms with Crippen LogP contribution in [0.2, 0.25) is 0 Å². The first-order valence-electron chi connectivity index (χ1n) is 5.32. The maximum Gasteiger partial charge on any atom is 0.407 e. The van der Waals surface area contributed by atoms with Crippen LogP contribution in [0.4, 0.5) is 4.79 Å². The van der Waals surface area contributed by atoms with Gasteiger partial charge >= 0.3 is 17.8 Å². The Morgan fingerprint density at radius 3 is 2.62 bits per heavy atom. The van der Waals surface area contributed by atoms with E-state index in [1.54, 1.807) is 0 Å². The standard InChI is InChI=1S/C9H8N6O6/c1-21-6(17)4-3(5(16)12-7(18)11-4)9(13-8(19)20)2-10-15-14-9/h2,13H,1H3,(H,19,20)(H2,11,12,16,18). The van der Waals surface area contributed by atoms with Crippen LogP contribution in [0.15, 0.2) is 25.0 Å². The zero-order valence-corrected chi connectivity index (χ0v) is 10.4. The van der Waals surface area contributed by atoms with Crippen molar-refractivity contribution in [3.63, 3.8) is 0 Å². The summed E-state index contributed by atoms with van der Waals surface area (Å²) in [6, 6.07) is 0. The molecule has 12 heteroatoms. The van der Waals surface area contributed by atoms with E-state index in [0.29, 0.717) is 0 Å². The summed E-state index contributed by atoms with van der Waals surface area (Å²) >= 11 is 0. The smallest absolute Gasteiger partial charge is 0.407 e. The highest BCUT2D eigenvalue weighted by Crippen LogP contribution is 2.24. The second-order valence-corrected chi connectivity index (χ2v) is 3.78. The molecule has 1 aliphatic rings. The van der Waals surface area contributed by atoms with E-state index in [1.807, 2.05) is 10.3 Å². The second-order valence-electron chi connectivity index (χ2n) is 3.78. The lowest BCUT2D eigenvalue weighted by Gasteiger charge is -2.21. The van der Waals surface area contributed by atoms with Crippen LogP contribution in [-0.4, -0.2) is 40.5 Å². The van der Waals surface area contributed by atoms with E-state index in [2.05, 4.69) is 25.2 Å². The summed E-state index contributed by atoms with van der Waals surface area (Å²) < 4.78 is 4.44. The highest BCUT2D eigenvalue weighted by molar-refractivity contribution is 5.92. The fraction of sp³-hybridized carbons (Fsp3) is 0.222. The molecule has 2 heterocycles. The van der Waals surface area contributed by atoms with E-state index < -0.39 is 40.2 Å². The highest BCUT2D eigenvalue weighted by Gasteiger charge is 2.42. The lowest BCUT2D eigenvalue weighted by atomic mass is 10.0. The third-order valence-electron chi connectivity index (χ3n) is 2.51. The van der Waals surface area contributed by atoms with Crippen molar-refractivity contribution in [2.24, 2.45) is 15.4 Å². The number of carbonyl (C=O) groups is 2. The molecule has 0 bridgehead atoms. The summed E-state index contributed by atoms with van der Waals surface area (Å²) in [5.74, 6) is -1.06. The molecule has 0 fully saturated rings. The molecule has 1 aliphatic heterocycles. The van der Waals surface area contributed by atoms with Gasteiger partial charge in [-0.05, 0) is 5.22 Å². The Kier molecular flexibility index (Phi) is 3.35. The molecule has 21 heavy (non-hydrogen) atoms. The van der Waals surface area contributed by atoms with Gasteiger partial charge in [0.25, 0.3) is 5.56 Å². The molecule has 1 aromatic rings. The average Bonchev–Trinajstić information content (AvgIpc) is 2.84. The molecule has 0 saturated heterocycles. The van der Waals surface area contributed by atoms with Gasteiger partial charge in [-0.3, -0.25) is 15.1 Å². The minimum absolute atomic E-state index is 0.513. The molecule has 1 atom stereocenters. The van der Waals surface area contributed by atoms with E-state index in [0.717, 1.165) is 13.3 Å². The van der Waals surface area contributed by atoms with Gasteiger partial charge < -0.3 is 14.8 Å². The number of esters is 1. The van der Waals surface area contributed by atoms with E-state index >= 15 is 0 Å². The molecule has 1 amide bonds. The number of nitrogens with one attached hydrogen (secondary N) is 3. The molecule has 12 nitrogen and oxygen atoms in total. The van der Waals surface area contributed by atoms with Crippen LogP contribution < -0.4 is 16.6 Å². The van der Waals surface area contributed by atoms with Crippen molar-refractivity contribution in [3.8, 4) is 0 Å². The van der Waals surface area contributed by atoms with Gasteiger partial charge in [0.1, 0.15) is 11.3 Å². The van der Waals surface area contributed by atoms with Crippen molar-refractivity contribution < 1.29 is 19.4 Å². The summed E-state index contributed by atoms with van der Waals surface area (Å²) in [4.78, 5) is 49.8. The van der Waals surface area contributed by atoms with E-state index in [1.165, 1.54) is 0 Å². The van der Waals surface area contributed by atoms with Crippen molar-refractivity contribution in [1.29, 1.82) is 0 Å². The molecule has 4 N–H and O–H groups in total. The average molecular weight is 296 g/mol. The normalized spacial score (nSPS) is 19.5. The van der Waals surface area contributed by atoms with E-state index in [9.17, 15) is 19.2 Å². The maximum atomic E-state index is 12.0. The van der Waals surface area contributed by atoms with Gasteiger partial charge in [0.2, 0.25) is 5.66 Å². The Labute approximate surface area is 114 Å². The fourth-order valence-electron chi connectivity index (χ4n) is 1.73. The third-order valence-corrected chi connectivity index (χ3v) is 2.51. The molecule has 1 unspecified atom stereocenters. The van der Waals surface area contributed by atoms with Gasteiger partial charge in [-0.1, -0.05) is 0 Å². The number of aromatic amines is 2. The van der Waals surface area contributed by atoms with E-state index in [-0.39, 0.29) is 0 Å². The van der Waals surface area contributed by atoms with Crippen molar-refractivity contribution in [3.05, 3.63) is 32.1 Å². The Balaban J connectivity index is 2.78. The predicted molar refractivity (Wildman–Crippen MR) is 65.2 cm³/mol. The number of carbonyl (C=O) groups excluding carboxylic acids is 1. The van der Waals surface area contributed by atoms with Crippen LogP contribution in [0.25, 0.3) is 0 Å². The molecular formula is C9H8N6O6. The number of rotatable bonds is 3. The highest BCUT2D eigenvalue weighted by atomic mass is 16.5. The number of aromatic nitrogens is 2. The first kappa shape index (κ1) is 14.1. The number of nitrogens with zero attached hydrogens (tertiary/aromatic N) is 3. The van der Waals surface area contributed by atoms with Crippen molar-refractivity contribution in [1.82, 2.24) is 15.3 Å². The number of hydrogen-bond donors (Lipinski definition) is 4.